The predicted molar refractivity (Wildman–Crippen MR) is 59.3 cm³/mol. The molecular weight excluding hydrogens is 206 g/mol. The van der Waals surface area contributed by atoms with Gasteiger partial charge in [0.05, 0.1) is 13.1 Å². The fourth-order valence-corrected chi connectivity index (χ4v) is 1.94. The first kappa shape index (κ1) is 14.1. The summed E-state index contributed by atoms with van der Waals surface area (Å²) in [6.45, 7) is 1.52. The molecule has 1 unspecified atom stereocenters. The summed E-state index contributed by atoms with van der Waals surface area (Å²) >= 11 is 1.68. The van der Waals surface area contributed by atoms with Gasteiger partial charge in [0.2, 0.25) is 0 Å². The Labute approximate surface area is 89.4 Å². The van der Waals surface area contributed by atoms with Gasteiger partial charge in [-0.15, -0.1) is 0 Å². The van der Waals surface area contributed by atoms with Crippen LogP contribution in [0.5, 0.6) is 0 Å². The molecule has 1 atom stereocenters. The molecule has 0 heterocycles. The summed E-state index contributed by atoms with van der Waals surface area (Å²) in [5.74, 6) is -1.76. The molecule has 0 aliphatic rings. The summed E-state index contributed by atoms with van der Waals surface area (Å²) in [5.41, 5.74) is 0. The molecule has 0 aromatic rings. The minimum Gasteiger partial charge on any atom is -0.314 e. The van der Waals surface area contributed by atoms with Crippen molar-refractivity contribution in [2.75, 3.05) is 39.2 Å². The van der Waals surface area contributed by atoms with Crippen LogP contribution in [0.2, 0.25) is 0 Å². The first-order chi connectivity index (χ1) is 6.43. The monoisotopic (exact) mass is 226 g/mol. The lowest BCUT2D eigenvalue weighted by atomic mass is 10.2. The van der Waals surface area contributed by atoms with Crippen molar-refractivity contribution in [1.82, 2.24) is 10.2 Å². The van der Waals surface area contributed by atoms with Gasteiger partial charge < -0.3 is 5.32 Å². The van der Waals surface area contributed by atoms with Crippen molar-refractivity contribution in [3.63, 3.8) is 0 Å². The van der Waals surface area contributed by atoms with Crippen LogP contribution in [0.3, 0.4) is 0 Å². The van der Waals surface area contributed by atoms with Crippen LogP contribution >= 0.6 is 11.8 Å². The smallest absolute Gasteiger partial charge is 0.272 e. The quantitative estimate of drug-likeness (QED) is 0.708. The molecule has 0 saturated heterocycles. The second-order valence-electron chi connectivity index (χ2n) is 3.61. The minimum atomic E-state index is -2.64. The number of alkyl halides is 2. The van der Waals surface area contributed by atoms with Crippen molar-refractivity contribution >= 4 is 11.8 Å². The second-order valence-corrected chi connectivity index (χ2v) is 4.52. The van der Waals surface area contributed by atoms with E-state index in [1.54, 1.807) is 30.8 Å². The zero-order valence-electron chi connectivity index (χ0n) is 9.31. The van der Waals surface area contributed by atoms with Gasteiger partial charge in [-0.1, -0.05) is 0 Å². The summed E-state index contributed by atoms with van der Waals surface area (Å²) in [5, 5.41) is 2.50. The summed E-state index contributed by atoms with van der Waals surface area (Å²) in [6, 6.07) is 0.188. The number of nitrogens with one attached hydrogen (secondary N) is 1. The topological polar surface area (TPSA) is 15.3 Å². The fourth-order valence-electron chi connectivity index (χ4n) is 1.20. The number of rotatable bonds is 7. The molecule has 0 aromatic heterocycles. The van der Waals surface area contributed by atoms with E-state index < -0.39 is 5.92 Å². The molecule has 0 amide bonds. The molecule has 0 fully saturated rings. The van der Waals surface area contributed by atoms with E-state index >= 15 is 0 Å². The third-order valence-electron chi connectivity index (χ3n) is 2.08. The Morgan fingerprint density at radius 1 is 1.50 bits per heavy atom. The van der Waals surface area contributed by atoms with Crippen molar-refractivity contribution in [3.05, 3.63) is 0 Å². The summed E-state index contributed by atoms with van der Waals surface area (Å²) in [7, 11) is 3.28. The highest BCUT2D eigenvalue weighted by molar-refractivity contribution is 7.98. The average Bonchev–Trinajstić information content (AvgIpc) is 2.03. The molecule has 5 heteroatoms. The van der Waals surface area contributed by atoms with E-state index in [0.717, 1.165) is 5.75 Å². The van der Waals surface area contributed by atoms with Crippen LogP contribution in [0.1, 0.15) is 6.92 Å². The van der Waals surface area contributed by atoms with E-state index in [2.05, 4.69) is 5.32 Å². The van der Waals surface area contributed by atoms with Crippen LogP contribution in [-0.2, 0) is 0 Å². The van der Waals surface area contributed by atoms with Gasteiger partial charge in [-0.25, -0.2) is 8.78 Å². The number of thioether (sulfide) groups is 1. The largest absolute Gasteiger partial charge is 0.314 e. The molecule has 86 valence electrons. The van der Waals surface area contributed by atoms with E-state index in [0.29, 0.717) is 0 Å². The van der Waals surface area contributed by atoms with Crippen LogP contribution in [0.15, 0.2) is 0 Å². The molecule has 2 nitrogen and oxygen atoms in total. The maximum atomic E-state index is 13.2. The highest BCUT2D eigenvalue weighted by Gasteiger charge is 2.30. The Bertz CT molecular complexity index is 156. The van der Waals surface area contributed by atoms with Crippen molar-refractivity contribution < 1.29 is 8.78 Å². The van der Waals surface area contributed by atoms with Gasteiger partial charge in [0, 0.05) is 11.8 Å². The maximum absolute atomic E-state index is 13.2. The van der Waals surface area contributed by atoms with Crippen LogP contribution in [0, 0.1) is 0 Å². The van der Waals surface area contributed by atoms with Crippen molar-refractivity contribution in [2.24, 2.45) is 0 Å². The van der Waals surface area contributed by atoms with E-state index in [1.165, 1.54) is 0 Å². The second kappa shape index (κ2) is 6.58. The Morgan fingerprint density at radius 3 is 2.50 bits per heavy atom. The third-order valence-corrected chi connectivity index (χ3v) is 2.89. The minimum absolute atomic E-state index is 0.185. The maximum Gasteiger partial charge on any atom is 0.272 e. The van der Waals surface area contributed by atoms with Gasteiger partial charge in [0.15, 0.2) is 0 Å². The molecule has 0 saturated carbocycles. The van der Waals surface area contributed by atoms with E-state index in [4.69, 9.17) is 0 Å². The van der Waals surface area contributed by atoms with Crippen LogP contribution in [0.25, 0.3) is 0 Å². The molecule has 1 N–H and O–H groups in total. The van der Waals surface area contributed by atoms with Gasteiger partial charge in [-0.2, -0.15) is 11.8 Å². The van der Waals surface area contributed by atoms with Crippen molar-refractivity contribution in [3.8, 4) is 0 Å². The lowest BCUT2D eigenvalue weighted by Gasteiger charge is -2.28. The zero-order valence-corrected chi connectivity index (χ0v) is 10.1. The predicted octanol–water partition coefficient (Wildman–Crippen LogP) is 1.52. The number of hydrogen-bond donors (Lipinski definition) is 1. The van der Waals surface area contributed by atoms with Crippen molar-refractivity contribution in [1.29, 1.82) is 0 Å². The number of nitrogens with zero attached hydrogens (tertiary/aromatic N) is 1. The van der Waals surface area contributed by atoms with Crippen LogP contribution in [-0.4, -0.2) is 56.1 Å². The highest BCUT2D eigenvalue weighted by Crippen LogP contribution is 2.15. The Hall–Kier alpha value is 0.130. The molecule has 0 bridgehead atoms. The Morgan fingerprint density at radius 2 is 2.07 bits per heavy atom. The SMILES string of the molecule is CNCC(F)(F)CN(C)C(C)CSC. The molecule has 0 radical (unpaired) electrons. The lowest BCUT2D eigenvalue weighted by molar-refractivity contribution is -0.0290. The molecule has 0 spiro atoms. The summed E-state index contributed by atoms with van der Waals surface area (Å²) in [6.07, 6.45) is 1.98. The standard InChI is InChI=1S/C9H20F2N2S/c1-8(5-14-4)13(3)7-9(10,11)6-12-2/h8,12H,5-7H2,1-4H3. The van der Waals surface area contributed by atoms with Gasteiger partial charge in [-0.3, -0.25) is 4.90 Å². The Balaban J connectivity index is 3.96. The fraction of sp³-hybridized carbons (Fsp3) is 1.00. The van der Waals surface area contributed by atoms with Crippen LogP contribution < -0.4 is 5.32 Å². The summed E-state index contributed by atoms with van der Waals surface area (Å²) < 4.78 is 26.3. The van der Waals surface area contributed by atoms with Gasteiger partial charge in [0.1, 0.15) is 0 Å². The third kappa shape index (κ3) is 5.78. The normalized spacial score (nSPS) is 14.8. The molecule has 0 aliphatic heterocycles. The molecule has 0 aliphatic carbocycles. The highest BCUT2D eigenvalue weighted by atomic mass is 32.2. The van der Waals surface area contributed by atoms with Crippen LogP contribution in [0.4, 0.5) is 8.78 Å². The van der Waals surface area contributed by atoms with Gasteiger partial charge in [0.25, 0.3) is 5.92 Å². The zero-order chi connectivity index (χ0) is 11.2. The lowest BCUT2D eigenvalue weighted by Crippen LogP contribution is -2.44. The first-order valence-electron chi connectivity index (χ1n) is 4.64. The van der Waals surface area contributed by atoms with Gasteiger partial charge in [-0.05, 0) is 27.3 Å². The summed E-state index contributed by atoms with van der Waals surface area (Å²) in [4.78, 5) is 1.70. The van der Waals surface area contributed by atoms with Crippen molar-refractivity contribution in [2.45, 2.75) is 18.9 Å². The molecule has 14 heavy (non-hydrogen) atoms. The molecular formula is C9H20F2N2S. The first-order valence-corrected chi connectivity index (χ1v) is 6.04. The number of hydrogen-bond acceptors (Lipinski definition) is 3. The van der Waals surface area contributed by atoms with E-state index in [9.17, 15) is 8.78 Å². The Kier molecular flexibility index (Phi) is 6.64. The molecule has 0 rings (SSSR count). The van der Waals surface area contributed by atoms with E-state index in [1.807, 2.05) is 13.2 Å². The van der Waals surface area contributed by atoms with E-state index in [-0.39, 0.29) is 19.1 Å². The average molecular weight is 226 g/mol. The molecule has 0 aromatic carbocycles. The number of halogens is 2. The van der Waals surface area contributed by atoms with Gasteiger partial charge >= 0.3 is 0 Å².